The molecule has 4 N–H and O–H groups in total. The highest BCUT2D eigenvalue weighted by Crippen LogP contribution is 2.38. The summed E-state index contributed by atoms with van der Waals surface area (Å²) in [5.74, 6) is -0.171. The molecule has 7 rings (SSSR count). The van der Waals surface area contributed by atoms with Gasteiger partial charge in [-0.2, -0.15) is 5.10 Å². The molecule has 8 nitrogen and oxygen atoms in total. The van der Waals surface area contributed by atoms with Crippen molar-refractivity contribution in [1.82, 2.24) is 24.3 Å². The molecule has 0 radical (unpaired) electrons. The van der Waals surface area contributed by atoms with Crippen LogP contribution in [0.3, 0.4) is 0 Å². The summed E-state index contributed by atoms with van der Waals surface area (Å²) in [6.07, 6.45) is 3.70. The quantitative estimate of drug-likeness (QED) is 0.249. The molecule has 40 heavy (non-hydrogen) atoms. The number of halogens is 1. The van der Waals surface area contributed by atoms with Crippen LogP contribution in [0.2, 0.25) is 0 Å². The number of imidazole rings is 1. The molecule has 1 amide bonds. The van der Waals surface area contributed by atoms with E-state index >= 15 is 0 Å². The van der Waals surface area contributed by atoms with Gasteiger partial charge in [0.15, 0.2) is 0 Å². The second-order valence-corrected chi connectivity index (χ2v) is 9.77. The van der Waals surface area contributed by atoms with Crippen LogP contribution >= 0.6 is 0 Å². The van der Waals surface area contributed by atoms with Crippen LogP contribution in [-0.2, 0) is 13.6 Å². The summed E-state index contributed by atoms with van der Waals surface area (Å²) in [4.78, 5) is 20.3. The topological polar surface area (TPSA) is 107 Å². The highest BCUT2D eigenvalue weighted by atomic mass is 19.1. The highest BCUT2D eigenvalue weighted by Gasteiger charge is 2.19. The lowest BCUT2D eigenvalue weighted by atomic mass is 10.1. The molecule has 3 heterocycles. The van der Waals surface area contributed by atoms with Crippen LogP contribution in [0.4, 0.5) is 10.1 Å². The van der Waals surface area contributed by atoms with Crippen LogP contribution in [0.5, 0.6) is 0 Å². The van der Waals surface area contributed by atoms with Gasteiger partial charge in [-0.15, -0.1) is 0 Å². The number of fused-ring (bicyclic) bond motifs is 4. The van der Waals surface area contributed by atoms with E-state index in [1.165, 1.54) is 12.1 Å². The maximum Gasteiger partial charge on any atom is 0.250 e. The number of carbonyl (C=O) groups is 1. The molecule has 7 aromatic rings. The summed E-state index contributed by atoms with van der Waals surface area (Å²) >= 11 is 0. The molecular formula is C31H24FN7O. The zero-order valence-corrected chi connectivity index (χ0v) is 21.5. The summed E-state index contributed by atoms with van der Waals surface area (Å²) < 4.78 is 17.8. The van der Waals surface area contributed by atoms with E-state index in [0.29, 0.717) is 29.1 Å². The summed E-state index contributed by atoms with van der Waals surface area (Å²) in [5.41, 5.74) is 12.8. The minimum atomic E-state index is -0.508. The average Bonchev–Trinajstić information content (AvgIpc) is 3.66. The van der Waals surface area contributed by atoms with E-state index in [-0.39, 0.29) is 5.82 Å². The van der Waals surface area contributed by atoms with Gasteiger partial charge in [0, 0.05) is 59.1 Å². The zero-order valence-electron chi connectivity index (χ0n) is 21.5. The molecule has 3 aromatic heterocycles. The van der Waals surface area contributed by atoms with Crippen molar-refractivity contribution in [1.29, 1.82) is 0 Å². The Morgan fingerprint density at radius 1 is 1.02 bits per heavy atom. The number of carbonyl (C=O) groups excluding carboxylic acids is 1. The first-order valence-electron chi connectivity index (χ1n) is 12.8. The number of nitrogens with two attached hydrogens (primary N) is 1. The summed E-state index contributed by atoms with van der Waals surface area (Å²) in [5, 5.41) is 9.65. The van der Waals surface area contributed by atoms with Crippen LogP contribution in [0.25, 0.3) is 49.9 Å². The Balaban J connectivity index is 1.42. The number of anilines is 1. The molecule has 0 atom stereocenters. The Labute approximate surface area is 227 Å². The average molecular weight is 530 g/mol. The molecule has 0 aliphatic rings. The van der Waals surface area contributed by atoms with Crippen LogP contribution < -0.4 is 11.1 Å². The summed E-state index contributed by atoms with van der Waals surface area (Å²) in [6, 6.07) is 24.4. The SMILES string of the molecule is Cn1cc(CNc2cc(-n3c4ccccc4c4c(-c5nc6cc(F)ccc6[nH]5)cccc43)ccc2C(N)=O)cn1. The van der Waals surface area contributed by atoms with Crippen molar-refractivity contribution in [3.8, 4) is 17.1 Å². The Morgan fingerprint density at radius 2 is 1.88 bits per heavy atom. The first-order valence-corrected chi connectivity index (χ1v) is 12.8. The maximum absolute atomic E-state index is 13.9. The molecular weight excluding hydrogens is 505 g/mol. The third kappa shape index (κ3) is 3.87. The van der Waals surface area contributed by atoms with E-state index in [4.69, 9.17) is 10.7 Å². The number of aryl methyl sites for hydroxylation is 1. The van der Waals surface area contributed by atoms with E-state index in [1.54, 1.807) is 23.0 Å². The van der Waals surface area contributed by atoms with Crippen molar-refractivity contribution < 1.29 is 9.18 Å². The van der Waals surface area contributed by atoms with Gasteiger partial charge in [-0.25, -0.2) is 9.37 Å². The molecule has 0 aliphatic heterocycles. The number of hydrogen-bond acceptors (Lipinski definition) is 4. The Morgan fingerprint density at radius 3 is 2.70 bits per heavy atom. The van der Waals surface area contributed by atoms with Crippen LogP contribution in [0.15, 0.2) is 91.3 Å². The highest BCUT2D eigenvalue weighted by molar-refractivity contribution is 6.15. The molecule has 9 heteroatoms. The number of primary amides is 1. The zero-order chi connectivity index (χ0) is 27.4. The number of rotatable bonds is 6. The molecule has 0 saturated carbocycles. The number of hydrogen-bond donors (Lipinski definition) is 3. The lowest BCUT2D eigenvalue weighted by Gasteiger charge is -2.14. The van der Waals surface area contributed by atoms with Gasteiger partial charge in [0.1, 0.15) is 11.6 Å². The second kappa shape index (κ2) is 9.09. The first-order chi connectivity index (χ1) is 19.5. The van der Waals surface area contributed by atoms with Gasteiger partial charge in [-0.05, 0) is 42.5 Å². The minimum absolute atomic E-state index is 0.326. The molecule has 0 bridgehead atoms. The smallest absolute Gasteiger partial charge is 0.250 e. The van der Waals surface area contributed by atoms with Crippen LogP contribution in [-0.4, -0.2) is 30.2 Å². The fraction of sp³-hybridized carbons (Fsp3) is 0.0645. The van der Waals surface area contributed by atoms with Crippen molar-refractivity contribution in [2.24, 2.45) is 12.8 Å². The monoisotopic (exact) mass is 529 g/mol. The number of nitrogens with zero attached hydrogens (tertiary/aromatic N) is 4. The van der Waals surface area contributed by atoms with E-state index in [1.807, 2.05) is 49.6 Å². The third-order valence-electron chi connectivity index (χ3n) is 7.17. The number of aromatic amines is 1. The Kier molecular flexibility index (Phi) is 5.38. The van der Waals surface area contributed by atoms with Gasteiger partial charge in [0.2, 0.25) is 0 Å². The maximum atomic E-state index is 13.9. The van der Waals surface area contributed by atoms with Gasteiger partial charge >= 0.3 is 0 Å². The van der Waals surface area contributed by atoms with Crippen molar-refractivity contribution in [3.63, 3.8) is 0 Å². The predicted octanol–water partition coefficient (Wildman–Crippen LogP) is 5.91. The fourth-order valence-corrected chi connectivity index (χ4v) is 5.39. The lowest BCUT2D eigenvalue weighted by molar-refractivity contribution is 0.100. The molecule has 0 aliphatic carbocycles. The normalized spacial score (nSPS) is 11.6. The molecule has 0 unspecified atom stereocenters. The van der Waals surface area contributed by atoms with E-state index in [9.17, 15) is 9.18 Å². The molecule has 0 spiro atoms. The van der Waals surface area contributed by atoms with Gasteiger partial charge in [0.05, 0.1) is 33.8 Å². The van der Waals surface area contributed by atoms with Gasteiger partial charge in [0.25, 0.3) is 5.91 Å². The van der Waals surface area contributed by atoms with Crippen LogP contribution in [0.1, 0.15) is 15.9 Å². The van der Waals surface area contributed by atoms with Crippen molar-refractivity contribution in [3.05, 3.63) is 108 Å². The summed E-state index contributed by atoms with van der Waals surface area (Å²) in [7, 11) is 1.86. The van der Waals surface area contributed by atoms with Crippen molar-refractivity contribution in [2.45, 2.75) is 6.54 Å². The first kappa shape index (κ1) is 23.7. The molecule has 0 saturated heterocycles. The minimum Gasteiger partial charge on any atom is -0.380 e. The number of H-pyrrole nitrogens is 1. The number of benzene rings is 4. The predicted molar refractivity (Wildman–Crippen MR) is 155 cm³/mol. The summed E-state index contributed by atoms with van der Waals surface area (Å²) in [6.45, 7) is 0.488. The van der Waals surface area contributed by atoms with Gasteiger partial charge in [-0.3, -0.25) is 9.48 Å². The molecule has 196 valence electrons. The number of amides is 1. The van der Waals surface area contributed by atoms with Gasteiger partial charge in [-0.1, -0.05) is 30.3 Å². The molecule has 4 aromatic carbocycles. The van der Waals surface area contributed by atoms with E-state index < -0.39 is 5.91 Å². The Bertz CT molecular complexity index is 2080. The van der Waals surface area contributed by atoms with Gasteiger partial charge < -0.3 is 20.6 Å². The van der Waals surface area contributed by atoms with Crippen LogP contribution in [0, 0.1) is 5.82 Å². The van der Waals surface area contributed by atoms with E-state index in [2.05, 4.69) is 38.2 Å². The van der Waals surface area contributed by atoms with Crippen molar-refractivity contribution in [2.75, 3.05) is 5.32 Å². The number of aromatic nitrogens is 5. The standard InChI is InChI=1S/C31H24FN7O/c1-38-17-18(16-35-38)15-34-25-14-20(10-11-21(25)30(33)40)39-27-7-3-2-5-22(27)29-23(6-4-8-28(29)39)31-36-24-12-9-19(32)13-26(24)37-31/h2-14,16-17,34H,15H2,1H3,(H2,33,40)(H,36,37). The largest absolute Gasteiger partial charge is 0.380 e. The number of para-hydroxylation sites is 1. The fourth-order valence-electron chi connectivity index (χ4n) is 5.39. The van der Waals surface area contributed by atoms with Crippen molar-refractivity contribution >= 4 is 44.4 Å². The molecule has 0 fully saturated rings. The lowest BCUT2D eigenvalue weighted by Crippen LogP contribution is -2.15. The number of nitrogens with one attached hydrogen (secondary N) is 2. The van der Waals surface area contributed by atoms with E-state index in [0.717, 1.165) is 44.1 Å². The Hall–Kier alpha value is -5.44. The second-order valence-electron chi connectivity index (χ2n) is 9.77. The third-order valence-corrected chi connectivity index (χ3v) is 7.17.